The lowest BCUT2D eigenvalue weighted by Gasteiger charge is -2.14. The van der Waals surface area contributed by atoms with Crippen LogP contribution in [-0.4, -0.2) is 23.1 Å². The first-order chi connectivity index (χ1) is 7.54. The molecule has 4 heteroatoms. The van der Waals surface area contributed by atoms with Gasteiger partial charge in [0.25, 0.3) is 0 Å². The van der Waals surface area contributed by atoms with Crippen LogP contribution >= 0.6 is 0 Å². The topological polar surface area (TPSA) is 52.3 Å². The molecule has 0 bridgehead atoms. The Kier molecular flexibility index (Phi) is 4.96. The summed E-state index contributed by atoms with van der Waals surface area (Å²) in [4.78, 5) is 0.803. The Bertz CT molecular complexity index is 349. The van der Waals surface area contributed by atoms with E-state index >= 15 is 0 Å². The van der Waals surface area contributed by atoms with Gasteiger partial charge in [0.15, 0.2) is 0 Å². The molecular formula is C12H19NO2S. The van der Waals surface area contributed by atoms with Crippen LogP contribution in [0.3, 0.4) is 0 Å². The molecule has 0 saturated carbocycles. The molecule has 0 fully saturated rings. The van der Waals surface area contributed by atoms with E-state index in [1.165, 1.54) is 0 Å². The van der Waals surface area contributed by atoms with Crippen LogP contribution in [0.15, 0.2) is 29.2 Å². The van der Waals surface area contributed by atoms with Gasteiger partial charge in [-0.2, -0.15) is 0 Å². The van der Waals surface area contributed by atoms with Crippen molar-refractivity contribution in [2.24, 2.45) is 11.7 Å². The van der Waals surface area contributed by atoms with E-state index in [0.29, 0.717) is 11.7 Å². The highest BCUT2D eigenvalue weighted by molar-refractivity contribution is 7.85. The average Bonchev–Trinajstić information content (AvgIpc) is 2.28. The lowest BCUT2D eigenvalue weighted by atomic mass is 10.1. The Morgan fingerprint density at radius 3 is 2.31 bits per heavy atom. The van der Waals surface area contributed by atoms with E-state index in [-0.39, 0.29) is 6.04 Å². The fraction of sp³-hybridized carbons (Fsp3) is 0.500. The van der Waals surface area contributed by atoms with Crippen molar-refractivity contribution < 1.29 is 8.95 Å². The molecule has 3 nitrogen and oxygen atoms in total. The third-order valence-electron chi connectivity index (χ3n) is 2.52. The normalized spacial score (nSPS) is 14.8. The van der Waals surface area contributed by atoms with E-state index in [1.807, 2.05) is 38.1 Å². The largest absolute Gasteiger partial charge is 0.497 e. The van der Waals surface area contributed by atoms with E-state index in [0.717, 1.165) is 10.6 Å². The highest BCUT2D eigenvalue weighted by Crippen LogP contribution is 2.15. The zero-order chi connectivity index (χ0) is 12.1. The molecule has 0 radical (unpaired) electrons. The van der Waals surface area contributed by atoms with Crippen molar-refractivity contribution in [3.63, 3.8) is 0 Å². The van der Waals surface area contributed by atoms with Crippen LogP contribution in [0.25, 0.3) is 0 Å². The van der Waals surface area contributed by atoms with Crippen molar-refractivity contribution in [1.29, 1.82) is 0 Å². The minimum Gasteiger partial charge on any atom is -0.497 e. The van der Waals surface area contributed by atoms with Crippen LogP contribution in [0.4, 0.5) is 0 Å². The molecule has 0 aliphatic heterocycles. The number of ether oxygens (including phenoxy) is 1. The van der Waals surface area contributed by atoms with Gasteiger partial charge in [0, 0.05) is 16.7 Å². The maximum atomic E-state index is 11.9. The van der Waals surface area contributed by atoms with Crippen LogP contribution in [-0.2, 0) is 10.8 Å². The second-order valence-electron chi connectivity index (χ2n) is 4.10. The first-order valence-electron chi connectivity index (χ1n) is 5.32. The molecule has 1 aromatic carbocycles. The van der Waals surface area contributed by atoms with Crippen LogP contribution in [0.1, 0.15) is 13.8 Å². The number of hydrogen-bond donors (Lipinski definition) is 1. The minimum atomic E-state index is -1.02. The fourth-order valence-electron chi connectivity index (χ4n) is 1.19. The summed E-state index contributed by atoms with van der Waals surface area (Å²) in [6.45, 7) is 4.08. The van der Waals surface area contributed by atoms with Crippen LogP contribution < -0.4 is 10.5 Å². The van der Waals surface area contributed by atoms with Gasteiger partial charge in [0.2, 0.25) is 0 Å². The molecule has 0 saturated heterocycles. The molecule has 2 unspecified atom stereocenters. The third-order valence-corrected chi connectivity index (χ3v) is 4.01. The van der Waals surface area contributed by atoms with E-state index in [1.54, 1.807) is 7.11 Å². The van der Waals surface area contributed by atoms with Crippen LogP contribution in [0.2, 0.25) is 0 Å². The summed E-state index contributed by atoms with van der Waals surface area (Å²) in [5.41, 5.74) is 5.89. The molecule has 0 heterocycles. The lowest BCUT2D eigenvalue weighted by molar-refractivity contribution is 0.414. The van der Waals surface area contributed by atoms with E-state index < -0.39 is 10.8 Å². The molecule has 2 N–H and O–H groups in total. The van der Waals surface area contributed by atoms with Gasteiger partial charge in [0.1, 0.15) is 5.75 Å². The number of hydrogen-bond acceptors (Lipinski definition) is 3. The number of benzene rings is 1. The van der Waals surface area contributed by atoms with Gasteiger partial charge in [-0.25, -0.2) is 0 Å². The molecule has 0 amide bonds. The summed E-state index contributed by atoms with van der Waals surface area (Å²) in [6.07, 6.45) is 0. The predicted octanol–water partition coefficient (Wildman–Crippen LogP) is 1.79. The van der Waals surface area contributed by atoms with Crippen LogP contribution in [0, 0.1) is 5.92 Å². The van der Waals surface area contributed by atoms with Gasteiger partial charge < -0.3 is 10.5 Å². The van der Waals surface area contributed by atoms with Gasteiger partial charge in [-0.3, -0.25) is 4.21 Å². The zero-order valence-electron chi connectivity index (χ0n) is 9.97. The van der Waals surface area contributed by atoms with Crippen molar-refractivity contribution in [1.82, 2.24) is 0 Å². The fourth-order valence-corrected chi connectivity index (χ4v) is 2.56. The quantitative estimate of drug-likeness (QED) is 0.855. The molecule has 1 rings (SSSR count). The number of rotatable bonds is 5. The Labute approximate surface area is 99.4 Å². The standard InChI is InChI=1S/C12H19NO2S/c1-9(2)12(13)8-16(14)11-6-4-10(15-3)5-7-11/h4-7,9,12H,8,13H2,1-3H3. The number of methoxy groups -OCH3 is 1. The monoisotopic (exact) mass is 241 g/mol. The van der Waals surface area contributed by atoms with E-state index in [2.05, 4.69) is 0 Å². The Hall–Kier alpha value is -0.870. The molecule has 90 valence electrons. The molecule has 0 spiro atoms. The van der Waals surface area contributed by atoms with Crippen molar-refractivity contribution in [3.05, 3.63) is 24.3 Å². The summed E-state index contributed by atoms with van der Waals surface area (Å²) in [5, 5.41) is 0. The summed E-state index contributed by atoms with van der Waals surface area (Å²) < 4.78 is 17.0. The second-order valence-corrected chi connectivity index (χ2v) is 5.59. The van der Waals surface area contributed by atoms with Gasteiger partial charge in [-0.1, -0.05) is 13.8 Å². The molecule has 0 aromatic heterocycles. The second kappa shape index (κ2) is 6.01. The highest BCUT2D eigenvalue weighted by atomic mass is 32.2. The maximum absolute atomic E-state index is 11.9. The Morgan fingerprint density at radius 1 is 1.31 bits per heavy atom. The van der Waals surface area contributed by atoms with E-state index in [9.17, 15) is 4.21 Å². The third kappa shape index (κ3) is 3.61. The SMILES string of the molecule is COc1ccc(S(=O)CC(N)C(C)C)cc1. The summed E-state index contributed by atoms with van der Waals surface area (Å²) in [7, 11) is 0.587. The lowest BCUT2D eigenvalue weighted by Crippen LogP contribution is -2.32. The molecule has 16 heavy (non-hydrogen) atoms. The number of nitrogens with two attached hydrogens (primary N) is 1. The van der Waals surface area contributed by atoms with E-state index in [4.69, 9.17) is 10.5 Å². The summed E-state index contributed by atoms with van der Waals surface area (Å²) in [6, 6.07) is 7.25. The minimum absolute atomic E-state index is 0.0251. The first-order valence-corrected chi connectivity index (χ1v) is 6.64. The molecular weight excluding hydrogens is 222 g/mol. The Balaban J connectivity index is 2.66. The van der Waals surface area contributed by atoms with Crippen molar-refractivity contribution >= 4 is 10.8 Å². The van der Waals surface area contributed by atoms with Gasteiger partial charge in [-0.05, 0) is 30.2 Å². The summed E-state index contributed by atoms with van der Waals surface area (Å²) >= 11 is 0. The molecule has 2 atom stereocenters. The molecule has 0 aliphatic rings. The van der Waals surface area contributed by atoms with Crippen LogP contribution in [0.5, 0.6) is 5.75 Å². The molecule has 0 aliphatic carbocycles. The van der Waals surface area contributed by atoms with Gasteiger partial charge in [-0.15, -0.1) is 0 Å². The molecule has 1 aromatic rings. The summed E-state index contributed by atoms with van der Waals surface area (Å²) in [5.74, 6) is 1.63. The van der Waals surface area contributed by atoms with Gasteiger partial charge in [0.05, 0.1) is 17.9 Å². The highest BCUT2D eigenvalue weighted by Gasteiger charge is 2.13. The Morgan fingerprint density at radius 2 is 1.88 bits per heavy atom. The van der Waals surface area contributed by atoms with Crippen molar-refractivity contribution in [2.75, 3.05) is 12.9 Å². The first kappa shape index (κ1) is 13.2. The zero-order valence-corrected chi connectivity index (χ0v) is 10.8. The smallest absolute Gasteiger partial charge is 0.118 e. The maximum Gasteiger partial charge on any atom is 0.118 e. The van der Waals surface area contributed by atoms with Gasteiger partial charge >= 0.3 is 0 Å². The van der Waals surface area contributed by atoms with Crippen molar-refractivity contribution in [3.8, 4) is 5.75 Å². The predicted molar refractivity (Wildman–Crippen MR) is 67.1 cm³/mol. The van der Waals surface area contributed by atoms with Crippen molar-refractivity contribution in [2.45, 2.75) is 24.8 Å². The average molecular weight is 241 g/mol.